The van der Waals surface area contributed by atoms with E-state index in [0.29, 0.717) is 0 Å². The molecule has 0 bridgehead atoms. The van der Waals surface area contributed by atoms with E-state index in [2.05, 4.69) is 47.5 Å². The molecule has 0 radical (unpaired) electrons. The van der Waals surface area contributed by atoms with Crippen molar-refractivity contribution >= 4 is 0 Å². The number of nitrogens with zero attached hydrogens (tertiary/aromatic N) is 1. The molecule has 0 aliphatic heterocycles. The summed E-state index contributed by atoms with van der Waals surface area (Å²) in [6.07, 6.45) is 8.18. The molecule has 1 fully saturated rings. The highest BCUT2D eigenvalue weighted by Gasteiger charge is 2.15. The summed E-state index contributed by atoms with van der Waals surface area (Å²) in [5.41, 5.74) is 4.87. The van der Waals surface area contributed by atoms with E-state index in [1.54, 1.807) is 0 Å². The maximum Gasteiger partial charge on any atom is 0.0923 e. The van der Waals surface area contributed by atoms with Gasteiger partial charge in [-0.1, -0.05) is 61.9 Å². The highest BCUT2D eigenvalue weighted by atomic mass is 15.1. The molecule has 3 rings (SSSR count). The summed E-state index contributed by atoms with van der Waals surface area (Å²) >= 11 is 0. The lowest BCUT2D eigenvalue weighted by molar-refractivity contribution is 0.354. The van der Waals surface area contributed by atoms with Crippen molar-refractivity contribution < 1.29 is 0 Å². The summed E-state index contributed by atoms with van der Waals surface area (Å²) in [5, 5.41) is 7.67. The molecule has 2 nitrogen and oxygen atoms in total. The highest BCUT2D eigenvalue weighted by molar-refractivity contribution is 5.59. The van der Waals surface area contributed by atoms with Gasteiger partial charge in [0, 0.05) is 11.3 Å². The van der Waals surface area contributed by atoms with Gasteiger partial charge in [0.1, 0.15) is 0 Å². The molecule has 2 heteroatoms. The minimum absolute atomic E-state index is 0.861. The zero-order chi connectivity index (χ0) is 13.1. The third-order valence-electron chi connectivity index (χ3n) is 4.21. The number of aromatic nitrogens is 2. The molecule has 1 aromatic heterocycles. The van der Waals surface area contributed by atoms with E-state index in [9.17, 15) is 0 Å². The van der Waals surface area contributed by atoms with E-state index in [1.807, 2.05) is 0 Å². The van der Waals surface area contributed by atoms with Crippen molar-refractivity contribution in [3.63, 3.8) is 0 Å². The molecule has 0 saturated heterocycles. The van der Waals surface area contributed by atoms with Gasteiger partial charge in [0.25, 0.3) is 0 Å². The van der Waals surface area contributed by atoms with E-state index in [-0.39, 0.29) is 0 Å². The Kier molecular flexibility index (Phi) is 3.67. The first-order chi connectivity index (χ1) is 9.31. The van der Waals surface area contributed by atoms with Crippen LogP contribution in [-0.2, 0) is 6.42 Å². The second-order valence-electron chi connectivity index (χ2n) is 5.85. The van der Waals surface area contributed by atoms with Crippen molar-refractivity contribution in [3.05, 3.63) is 41.6 Å². The monoisotopic (exact) mass is 254 g/mol. The molecule has 1 saturated carbocycles. The Morgan fingerprint density at radius 3 is 2.58 bits per heavy atom. The molecule has 2 aromatic rings. The fourth-order valence-electron chi connectivity index (χ4n) is 3.04. The van der Waals surface area contributed by atoms with Crippen molar-refractivity contribution in [1.29, 1.82) is 0 Å². The van der Waals surface area contributed by atoms with Crippen LogP contribution in [0.2, 0.25) is 0 Å². The van der Waals surface area contributed by atoms with Gasteiger partial charge in [-0.2, -0.15) is 5.10 Å². The normalized spacial score (nSPS) is 16.7. The average Bonchev–Trinajstić information content (AvgIpc) is 2.89. The zero-order valence-corrected chi connectivity index (χ0v) is 11.7. The fourth-order valence-corrected chi connectivity index (χ4v) is 3.04. The first-order valence-corrected chi connectivity index (χ1v) is 7.42. The number of nitrogens with one attached hydrogen (secondary N) is 1. The lowest BCUT2D eigenvalue weighted by atomic mass is 9.86. The summed E-state index contributed by atoms with van der Waals surface area (Å²) in [7, 11) is 0. The summed E-state index contributed by atoms with van der Waals surface area (Å²) in [5.74, 6) is 0.861. The Hall–Kier alpha value is -1.57. The van der Waals surface area contributed by atoms with Crippen LogP contribution >= 0.6 is 0 Å². The Bertz CT molecular complexity index is 518. The van der Waals surface area contributed by atoms with Crippen molar-refractivity contribution in [1.82, 2.24) is 10.2 Å². The van der Waals surface area contributed by atoms with Crippen LogP contribution in [0.1, 0.15) is 43.4 Å². The molecule has 1 aromatic carbocycles. The van der Waals surface area contributed by atoms with E-state index >= 15 is 0 Å². The molecule has 0 amide bonds. The van der Waals surface area contributed by atoms with Gasteiger partial charge in [-0.25, -0.2) is 0 Å². The van der Waals surface area contributed by atoms with Crippen LogP contribution in [0.25, 0.3) is 11.3 Å². The number of H-pyrrole nitrogens is 1. The Morgan fingerprint density at radius 1 is 1.11 bits per heavy atom. The van der Waals surface area contributed by atoms with Crippen LogP contribution in [0.4, 0.5) is 0 Å². The van der Waals surface area contributed by atoms with Crippen LogP contribution < -0.4 is 0 Å². The third kappa shape index (κ3) is 3.06. The van der Waals surface area contributed by atoms with Crippen LogP contribution in [-0.4, -0.2) is 10.2 Å². The smallest absolute Gasteiger partial charge is 0.0923 e. The Labute approximate surface area is 115 Å². The van der Waals surface area contributed by atoms with Crippen molar-refractivity contribution in [2.24, 2.45) is 5.92 Å². The fraction of sp³-hybridized carbons (Fsp3) is 0.471. The number of aryl methyl sites for hydroxylation is 1. The predicted molar refractivity (Wildman–Crippen MR) is 79.0 cm³/mol. The second kappa shape index (κ2) is 5.60. The molecular formula is C17H22N2. The van der Waals surface area contributed by atoms with Crippen molar-refractivity contribution in [2.75, 3.05) is 0 Å². The molecule has 0 atom stereocenters. The van der Waals surface area contributed by atoms with Gasteiger partial charge in [-0.3, -0.25) is 5.10 Å². The SMILES string of the molecule is Cc1ccc(-c2cc(CC3CCCCC3)[nH]n2)cc1. The summed E-state index contributed by atoms with van der Waals surface area (Å²) in [6, 6.07) is 10.8. The lowest BCUT2D eigenvalue weighted by Gasteiger charge is -2.20. The van der Waals surface area contributed by atoms with Gasteiger partial charge in [-0.15, -0.1) is 0 Å². The van der Waals surface area contributed by atoms with Crippen molar-refractivity contribution in [2.45, 2.75) is 45.4 Å². The van der Waals surface area contributed by atoms with Gasteiger partial charge < -0.3 is 0 Å². The number of hydrogen-bond acceptors (Lipinski definition) is 1. The molecule has 100 valence electrons. The van der Waals surface area contributed by atoms with Crippen LogP contribution in [0.3, 0.4) is 0 Å². The minimum Gasteiger partial charge on any atom is -0.282 e. The number of hydrogen-bond donors (Lipinski definition) is 1. The lowest BCUT2D eigenvalue weighted by Crippen LogP contribution is -2.09. The Morgan fingerprint density at radius 2 is 1.84 bits per heavy atom. The first-order valence-electron chi connectivity index (χ1n) is 7.42. The predicted octanol–water partition coefficient (Wildman–Crippen LogP) is 4.51. The molecule has 0 spiro atoms. The van der Waals surface area contributed by atoms with Gasteiger partial charge in [0.05, 0.1) is 5.69 Å². The molecule has 19 heavy (non-hydrogen) atoms. The number of aromatic amines is 1. The van der Waals surface area contributed by atoms with E-state index < -0.39 is 0 Å². The quantitative estimate of drug-likeness (QED) is 0.857. The topological polar surface area (TPSA) is 28.7 Å². The third-order valence-corrected chi connectivity index (χ3v) is 4.21. The maximum atomic E-state index is 4.46. The molecule has 1 aliphatic rings. The molecule has 1 heterocycles. The molecular weight excluding hydrogens is 232 g/mol. The molecule has 0 unspecified atom stereocenters. The molecule has 1 N–H and O–H groups in total. The summed E-state index contributed by atoms with van der Waals surface area (Å²) in [4.78, 5) is 0. The number of rotatable bonds is 3. The summed E-state index contributed by atoms with van der Waals surface area (Å²) in [6.45, 7) is 2.11. The van der Waals surface area contributed by atoms with Crippen molar-refractivity contribution in [3.8, 4) is 11.3 Å². The number of benzene rings is 1. The standard InChI is InChI=1S/C17H22N2/c1-13-7-9-15(10-8-13)17-12-16(18-19-17)11-14-5-3-2-4-6-14/h7-10,12,14H,2-6,11H2,1H3,(H,18,19). The van der Waals surface area contributed by atoms with Crippen LogP contribution in [0.5, 0.6) is 0 Å². The average molecular weight is 254 g/mol. The Balaban J connectivity index is 1.70. The van der Waals surface area contributed by atoms with E-state index in [4.69, 9.17) is 0 Å². The van der Waals surface area contributed by atoms with Crippen LogP contribution in [0, 0.1) is 12.8 Å². The first kappa shape index (κ1) is 12.5. The zero-order valence-electron chi connectivity index (χ0n) is 11.7. The van der Waals surface area contributed by atoms with Crippen LogP contribution in [0.15, 0.2) is 30.3 Å². The van der Waals surface area contributed by atoms with Gasteiger partial charge >= 0.3 is 0 Å². The van der Waals surface area contributed by atoms with Gasteiger partial charge in [-0.05, 0) is 25.3 Å². The largest absolute Gasteiger partial charge is 0.282 e. The van der Waals surface area contributed by atoms with E-state index in [0.717, 1.165) is 11.6 Å². The van der Waals surface area contributed by atoms with Gasteiger partial charge in [0.15, 0.2) is 0 Å². The van der Waals surface area contributed by atoms with Gasteiger partial charge in [0.2, 0.25) is 0 Å². The highest BCUT2D eigenvalue weighted by Crippen LogP contribution is 2.27. The maximum absolute atomic E-state index is 4.46. The van der Waals surface area contributed by atoms with E-state index in [1.165, 1.54) is 55.3 Å². The summed E-state index contributed by atoms with van der Waals surface area (Å²) < 4.78 is 0. The minimum atomic E-state index is 0.861. The second-order valence-corrected chi connectivity index (χ2v) is 5.85. The molecule has 1 aliphatic carbocycles.